The molecule has 4 rings (SSSR count). The molecular formula is C20H21N5O4S. The number of fused-ring (bicyclic) bond motifs is 1. The van der Waals surface area contributed by atoms with Crippen LogP contribution in [0.25, 0.3) is 10.1 Å². The van der Waals surface area contributed by atoms with E-state index in [1.807, 2.05) is 13.8 Å². The van der Waals surface area contributed by atoms with Crippen LogP contribution in [-0.2, 0) is 9.53 Å². The number of hydrogen-bond donors (Lipinski definition) is 2. The van der Waals surface area contributed by atoms with Crippen molar-refractivity contribution in [3.63, 3.8) is 0 Å². The van der Waals surface area contributed by atoms with Gasteiger partial charge in [-0.25, -0.2) is 14.5 Å². The Morgan fingerprint density at radius 3 is 2.70 bits per heavy atom. The van der Waals surface area contributed by atoms with Crippen LogP contribution in [0.4, 0.5) is 17.2 Å². The van der Waals surface area contributed by atoms with Crippen LogP contribution in [0.1, 0.15) is 43.1 Å². The largest absolute Gasteiger partial charge is 0.465 e. The number of nitrogens with one attached hydrogen (secondary N) is 2. The van der Waals surface area contributed by atoms with Crippen molar-refractivity contribution in [1.82, 2.24) is 14.8 Å². The van der Waals surface area contributed by atoms with E-state index < -0.39 is 5.97 Å². The van der Waals surface area contributed by atoms with Gasteiger partial charge in [0, 0.05) is 23.6 Å². The first-order chi connectivity index (χ1) is 14.4. The van der Waals surface area contributed by atoms with Gasteiger partial charge in [0.1, 0.15) is 11.4 Å². The van der Waals surface area contributed by atoms with Gasteiger partial charge in [-0.15, -0.1) is 11.3 Å². The van der Waals surface area contributed by atoms with E-state index in [1.165, 1.54) is 29.3 Å². The average molecular weight is 427 g/mol. The minimum atomic E-state index is -0.578. The van der Waals surface area contributed by atoms with Crippen LogP contribution in [0, 0.1) is 5.92 Å². The molecular weight excluding hydrogens is 406 g/mol. The molecule has 9 nitrogen and oxygen atoms in total. The SMILES string of the molecule is COC(=O)c1cnc(NC(=O)C2CC2)cc1Nc1csc2cnn(C(C)C)c(=O)c12. The Morgan fingerprint density at radius 2 is 2.03 bits per heavy atom. The Bertz CT molecular complexity index is 1200. The van der Waals surface area contributed by atoms with E-state index in [-0.39, 0.29) is 29.0 Å². The fourth-order valence-electron chi connectivity index (χ4n) is 3.05. The van der Waals surface area contributed by atoms with Crippen LogP contribution in [0.3, 0.4) is 0 Å². The highest BCUT2D eigenvalue weighted by atomic mass is 32.1. The Kier molecular flexibility index (Phi) is 5.25. The monoisotopic (exact) mass is 427 g/mol. The maximum Gasteiger partial charge on any atom is 0.341 e. The number of anilines is 3. The molecule has 0 radical (unpaired) electrons. The molecule has 1 fully saturated rings. The summed E-state index contributed by atoms with van der Waals surface area (Å²) < 4.78 is 6.99. The highest BCUT2D eigenvalue weighted by Crippen LogP contribution is 2.33. The second kappa shape index (κ2) is 7.86. The van der Waals surface area contributed by atoms with E-state index in [9.17, 15) is 14.4 Å². The molecule has 1 saturated carbocycles. The highest BCUT2D eigenvalue weighted by Gasteiger charge is 2.30. The lowest BCUT2D eigenvalue weighted by atomic mass is 10.2. The molecule has 0 aliphatic heterocycles. The molecule has 1 amide bonds. The summed E-state index contributed by atoms with van der Waals surface area (Å²) in [6, 6.07) is 1.48. The number of carbonyl (C=O) groups is 2. The van der Waals surface area contributed by atoms with Crippen molar-refractivity contribution in [3.05, 3.63) is 39.8 Å². The quantitative estimate of drug-likeness (QED) is 0.580. The lowest BCUT2D eigenvalue weighted by Gasteiger charge is -2.13. The van der Waals surface area contributed by atoms with Crippen LogP contribution in [0.2, 0.25) is 0 Å². The molecule has 1 aliphatic carbocycles. The molecule has 0 bridgehead atoms. The van der Waals surface area contributed by atoms with E-state index in [1.54, 1.807) is 17.6 Å². The number of aromatic nitrogens is 3. The number of rotatable bonds is 6. The van der Waals surface area contributed by atoms with Crippen molar-refractivity contribution in [2.75, 3.05) is 17.7 Å². The first-order valence-electron chi connectivity index (χ1n) is 9.54. The first-order valence-corrected chi connectivity index (χ1v) is 10.4. The van der Waals surface area contributed by atoms with E-state index in [2.05, 4.69) is 20.7 Å². The molecule has 156 valence electrons. The van der Waals surface area contributed by atoms with Gasteiger partial charge in [0.2, 0.25) is 5.91 Å². The maximum absolute atomic E-state index is 12.9. The van der Waals surface area contributed by atoms with Crippen molar-refractivity contribution in [2.45, 2.75) is 32.7 Å². The molecule has 2 N–H and O–H groups in total. The number of pyridine rings is 1. The van der Waals surface area contributed by atoms with Crippen LogP contribution >= 0.6 is 11.3 Å². The van der Waals surface area contributed by atoms with Crippen LogP contribution in [-0.4, -0.2) is 33.8 Å². The second-order valence-corrected chi connectivity index (χ2v) is 8.28. The summed E-state index contributed by atoms with van der Waals surface area (Å²) in [5.74, 6) is -0.328. The summed E-state index contributed by atoms with van der Waals surface area (Å²) in [4.78, 5) is 41.4. The second-order valence-electron chi connectivity index (χ2n) is 7.37. The molecule has 0 saturated heterocycles. The lowest BCUT2D eigenvalue weighted by Crippen LogP contribution is -2.24. The first kappa shape index (κ1) is 20.0. The number of hydrogen-bond acceptors (Lipinski definition) is 8. The Morgan fingerprint density at radius 1 is 1.27 bits per heavy atom. The third-order valence-corrected chi connectivity index (χ3v) is 5.72. The fraction of sp³-hybridized carbons (Fsp3) is 0.350. The topological polar surface area (TPSA) is 115 Å². The van der Waals surface area contributed by atoms with Gasteiger partial charge in [-0.05, 0) is 26.7 Å². The van der Waals surface area contributed by atoms with Gasteiger partial charge in [-0.3, -0.25) is 9.59 Å². The minimum Gasteiger partial charge on any atom is -0.465 e. The molecule has 3 heterocycles. The zero-order valence-corrected chi connectivity index (χ0v) is 17.6. The number of carbonyl (C=O) groups excluding carboxylic acids is 2. The van der Waals surface area contributed by atoms with Gasteiger partial charge in [0.05, 0.1) is 40.8 Å². The van der Waals surface area contributed by atoms with Crippen molar-refractivity contribution in [2.24, 2.45) is 5.92 Å². The van der Waals surface area contributed by atoms with Crippen LogP contribution < -0.4 is 16.2 Å². The highest BCUT2D eigenvalue weighted by molar-refractivity contribution is 7.17. The molecule has 1 aliphatic rings. The summed E-state index contributed by atoms with van der Waals surface area (Å²) in [7, 11) is 1.28. The van der Waals surface area contributed by atoms with Gasteiger partial charge in [0.25, 0.3) is 5.56 Å². The number of thiophene rings is 1. The fourth-order valence-corrected chi connectivity index (χ4v) is 3.89. The van der Waals surface area contributed by atoms with Crippen LogP contribution in [0.5, 0.6) is 0 Å². The average Bonchev–Trinajstić information content (AvgIpc) is 3.49. The van der Waals surface area contributed by atoms with Crippen molar-refractivity contribution in [1.29, 1.82) is 0 Å². The van der Waals surface area contributed by atoms with Gasteiger partial charge < -0.3 is 15.4 Å². The Labute approximate surface area is 176 Å². The molecule has 3 aromatic rings. The maximum atomic E-state index is 12.9. The summed E-state index contributed by atoms with van der Waals surface area (Å²) in [5.41, 5.74) is 0.907. The van der Waals surface area contributed by atoms with Gasteiger partial charge in [-0.2, -0.15) is 5.10 Å². The smallest absolute Gasteiger partial charge is 0.341 e. The minimum absolute atomic E-state index is 0.0197. The molecule has 0 atom stereocenters. The third-order valence-electron chi connectivity index (χ3n) is 4.81. The summed E-state index contributed by atoms with van der Waals surface area (Å²) in [6.07, 6.45) is 4.74. The summed E-state index contributed by atoms with van der Waals surface area (Å²) >= 11 is 1.37. The Hall–Kier alpha value is -3.27. The zero-order valence-electron chi connectivity index (χ0n) is 16.8. The number of nitrogens with zero attached hydrogens (tertiary/aromatic N) is 3. The van der Waals surface area contributed by atoms with E-state index >= 15 is 0 Å². The predicted molar refractivity (Wildman–Crippen MR) is 114 cm³/mol. The van der Waals surface area contributed by atoms with E-state index in [0.29, 0.717) is 22.6 Å². The third kappa shape index (κ3) is 3.78. The molecule has 30 heavy (non-hydrogen) atoms. The van der Waals surface area contributed by atoms with Gasteiger partial charge in [0.15, 0.2) is 0 Å². The molecule has 0 aromatic carbocycles. The normalized spacial score (nSPS) is 13.5. The Balaban J connectivity index is 1.75. The number of ether oxygens (including phenoxy) is 1. The zero-order chi connectivity index (χ0) is 21.4. The number of methoxy groups -OCH3 is 1. The van der Waals surface area contributed by atoms with Gasteiger partial charge >= 0.3 is 5.97 Å². The summed E-state index contributed by atoms with van der Waals surface area (Å²) in [5, 5.41) is 12.4. The molecule has 10 heteroatoms. The van der Waals surface area contributed by atoms with Crippen molar-refractivity contribution >= 4 is 50.5 Å². The molecule has 0 spiro atoms. The van der Waals surface area contributed by atoms with Crippen LogP contribution in [0.15, 0.2) is 28.6 Å². The van der Waals surface area contributed by atoms with Crippen molar-refractivity contribution < 1.29 is 14.3 Å². The standard InChI is InChI=1S/C20H21N5O4S/c1-10(2)25-19(27)17-14(9-30-15(17)8-22-25)23-13-6-16(24-18(26)11-4-5-11)21-7-12(13)20(28)29-3/h6-11H,4-5H2,1-3H3,(H2,21,23,24,26). The molecule has 0 unspecified atom stereocenters. The van der Waals surface area contributed by atoms with E-state index in [4.69, 9.17) is 4.74 Å². The van der Waals surface area contributed by atoms with Gasteiger partial charge in [-0.1, -0.05) is 0 Å². The summed E-state index contributed by atoms with van der Waals surface area (Å²) in [6.45, 7) is 3.76. The number of amides is 1. The predicted octanol–water partition coefficient (Wildman–Crippen LogP) is 3.31. The van der Waals surface area contributed by atoms with E-state index in [0.717, 1.165) is 17.5 Å². The lowest BCUT2D eigenvalue weighted by molar-refractivity contribution is -0.117. The van der Waals surface area contributed by atoms with Crippen molar-refractivity contribution in [3.8, 4) is 0 Å². The molecule has 3 aromatic heterocycles. The number of esters is 1.